The summed E-state index contributed by atoms with van der Waals surface area (Å²) in [6.07, 6.45) is 1.52. The van der Waals surface area contributed by atoms with E-state index in [1.54, 1.807) is 0 Å². The average molecular weight is 185 g/mol. The molecular weight excluding hydrogens is 162 g/mol. The molecule has 0 spiro atoms. The predicted molar refractivity (Wildman–Crippen MR) is 55.3 cm³/mol. The third-order valence-corrected chi connectivity index (χ3v) is 3.09. The van der Waals surface area contributed by atoms with Gasteiger partial charge in [-0.25, -0.2) is 0 Å². The molecule has 1 aliphatic rings. The number of nitrogens with one attached hydrogen (secondary N) is 1. The van der Waals surface area contributed by atoms with Gasteiger partial charge in [0.1, 0.15) is 0 Å². The summed E-state index contributed by atoms with van der Waals surface area (Å²) < 4.78 is 0. The molecule has 0 amide bonds. The normalized spacial score (nSPS) is 34.8. The molecule has 2 heteroatoms. The van der Waals surface area contributed by atoms with Gasteiger partial charge in [-0.3, -0.25) is 4.84 Å². The molecule has 3 atom stereocenters. The molecule has 0 aliphatic carbocycles. The van der Waals surface area contributed by atoms with Crippen molar-refractivity contribution in [2.24, 2.45) is 17.8 Å². The lowest BCUT2D eigenvalue weighted by Gasteiger charge is -2.26. The Labute approximate surface area is 82.0 Å². The number of hydroxylamine groups is 1. The molecule has 0 bridgehead atoms. The van der Waals surface area contributed by atoms with E-state index >= 15 is 0 Å². The molecule has 1 saturated heterocycles. The van der Waals surface area contributed by atoms with Crippen LogP contribution in [0.15, 0.2) is 0 Å². The van der Waals surface area contributed by atoms with Crippen LogP contribution < -0.4 is 5.48 Å². The average Bonchev–Trinajstić information content (AvgIpc) is 2.46. The van der Waals surface area contributed by atoms with Gasteiger partial charge < -0.3 is 0 Å². The monoisotopic (exact) mass is 185 g/mol. The van der Waals surface area contributed by atoms with Crippen molar-refractivity contribution in [3.8, 4) is 0 Å². The molecule has 0 aromatic rings. The largest absolute Gasteiger partial charge is 0.298 e. The van der Waals surface area contributed by atoms with Crippen molar-refractivity contribution >= 4 is 0 Å². The fraction of sp³-hybridized carbons (Fsp3) is 1.00. The van der Waals surface area contributed by atoms with Gasteiger partial charge in [-0.1, -0.05) is 34.6 Å². The zero-order valence-electron chi connectivity index (χ0n) is 9.50. The first-order valence-electron chi connectivity index (χ1n) is 5.49. The van der Waals surface area contributed by atoms with Crippen LogP contribution >= 0.6 is 0 Å². The van der Waals surface area contributed by atoms with Crippen molar-refractivity contribution in [2.45, 2.75) is 53.2 Å². The summed E-state index contributed by atoms with van der Waals surface area (Å²) in [4.78, 5) is 5.60. The molecule has 1 aliphatic heterocycles. The molecule has 0 saturated carbocycles. The molecule has 1 N–H and O–H groups in total. The lowest BCUT2D eigenvalue weighted by atomic mass is 9.79. The molecule has 0 radical (unpaired) electrons. The molecule has 2 nitrogen and oxygen atoms in total. The van der Waals surface area contributed by atoms with Crippen LogP contribution in [-0.2, 0) is 4.84 Å². The molecule has 1 rings (SSSR count). The van der Waals surface area contributed by atoms with Crippen LogP contribution in [0.25, 0.3) is 0 Å². The van der Waals surface area contributed by atoms with Gasteiger partial charge in [0, 0.05) is 12.0 Å². The van der Waals surface area contributed by atoms with Gasteiger partial charge in [-0.2, -0.15) is 5.48 Å². The van der Waals surface area contributed by atoms with Gasteiger partial charge in [-0.15, -0.1) is 0 Å². The molecule has 0 aromatic carbocycles. The number of hydrogen-bond donors (Lipinski definition) is 1. The van der Waals surface area contributed by atoms with E-state index < -0.39 is 0 Å². The predicted octanol–water partition coefficient (Wildman–Crippen LogP) is 2.60. The Morgan fingerprint density at radius 1 is 1.15 bits per heavy atom. The smallest absolute Gasteiger partial charge is 0.0834 e. The zero-order valence-corrected chi connectivity index (χ0v) is 9.50. The van der Waals surface area contributed by atoms with Crippen molar-refractivity contribution in [2.75, 3.05) is 0 Å². The summed E-state index contributed by atoms with van der Waals surface area (Å²) in [6, 6.07) is 0.532. The van der Waals surface area contributed by atoms with Crippen LogP contribution in [0.1, 0.15) is 41.0 Å². The van der Waals surface area contributed by atoms with Crippen LogP contribution in [0.2, 0.25) is 0 Å². The summed E-state index contributed by atoms with van der Waals surface area (Å²) in [6.45, 7) is 11.3. The Morgan fingerprint density at radius 2 is 1.77 bits per heavy atom. The van der Waals surface area contributed by atoms with E-state index in [-0.39, 0.29) is 0 Å². The molecule has 1 heterocycles. The van der Waals surface area contributed by atoms with Gasteiger partial charge >= 0.3 is 0 Å². The SMILES string of the molecule is CCC1ONC(C(C)C)C1C(C)C. The zero-order chi connectivity index (χ0) is 10.0. The summed E-state index contributed by atoms with van der Waals surface area (Å²) in [5, 5.41) is 0. The van der Waals surface area contributed by atoms with Crippen LogP contribution in [-0.4, -0.2) is 12.1 Å². The molecule has 3 unspecified atom stereocenters. The highest BCUT2D eigenvalue weighted by molar-refractivity contribution is 4.88. The first kappa shape index (κ1) is 11.0. The van der Waals surface area contributed by atoms with E-state index in [1.165, 1.54) is 0 Å². The lowest BCUT2D eigenvalue weighted by molar-refractivity contribution is 0.0112. The lowest BCUT2D eigenvalue weighted by Crippen LogP contribution is -2.36. The topological polar surface area (TPSA) is 21.3 Å². The fourth-order valence-electron chi connectivity index (χ4n) is 2.33. The van der Waals surface area contributed by atoms with Crippen molar-refractivity contribution in [1.82, 2.24) is 5.48 Å². The second-order valence-corrected chi connectivity index (χ2v) is 4.77. The van der Waals surface area contributed by atoms with Gasteiger partial charge in [0.2, 0.25) is 0 Å². The quantitative estimate of drug-likeness (QED) is 0.729. The molecule has 13 heavy (non-hydrogen) atoms. The Balaban J connectivity index is 2.67. The third kappa shape index (κ3) is 2.23. The number of rotatable bonds is 3. The van der Waals surface area contributed by atoms with E-state index in [2.05, 4.69) is 40.1 Å². The Hall–Kier alpha value is -0.0800. The maximum atomic E-state index is 5.60. The summed E-state index contributed by atoms with van der Waals surface area (Å²) >= 11 is 0. The van der Waals surface area contributed by atoms with E-state index in [9.17, 15) is 0 Å². The van der Waals surface area contributed by atoms with Crippen molar-refractivity contribution in [3.63, 3.8) is 0 Å². The van der Waals surface area contributed by atoms with E-state index in [4.69, 9.17) is 4.84 Å². The first-order chi connectivity index (χ1) is 6.07. The highest BCUT2D eigenvalue weighted by Crippen LogP contribution is 2.32. The highest BCUT2D eigenvalue weighted by atomic mass is 16.7. The minimum Gasteiger partial charge on any atom is -0.298 e. The maximum Gasteiger partial charge on any atom is 0.0834 e. The number of hydrogen-bond acceptors (Lipinski definition) is 2. The Bertz CT molecular complexity index is 156. The summed E-state index contributed by atoms with van der Waals surface area (Å²) in [5.41, 5.74) is 3.19. The standard InChI is InChI=1S/C11H23NO/c1-6-9-10(7(2)3)11(8(4)5)12-13-9/h7-12H,6H2,1-5H3. The second-order valence-electron chi connectivity index (χ2n) is 4.77. The van der Waals surface area contributed by atoms with E-state index in [1.807, 2.05) is 0 Å². The Morgan fingerprint density at radius 3 is 2.15 bits per heavy atom. The van der Waals surface area contributed by atoms with Gasteiger partial charge in [0.15, 0.2) is 0 Å². The van der Waals surface area contributed by atoms with E-state index in [0.717, 1.165) is 6.42 Å². The minimum absolute atomic E-state index is 0.410. The third-order valence-electron chi connectivity index (χ3n) is 3.09. The van der Waals surface area contributed by atoms with Crippen LogP contribution in [0.3, 0.4) is 0 Å². The van der Waals surface area contributed by atoms with Crippen LogP contribution in [0, 0.1) is 17.8 Å². The van der Waals surface area contributed by atoms with Gasteiger partial charge in [0.05, 0.1) is 6.10 Å². The minimum atomic E-state index is 0.410. The highest BCUT2D eigenvalue weighted by Gasteiger charge is 2.39. The molecule has 0 aromatic heterocycles. The first-order valence-corrected chi connectivity index (χ1v) is 5.49. The molecule has 78 valence electrons. The fourth-order valence-corrected chi connectivity index (χ4v) is 2.33. The summed E-state index contributed by atoms with van der Waals surface area (Å²) in [5.74, 6) is 2.03. The van der Waals surface area contributed by atoms with Crippen molar-refractivity contribution in [3.05, 3.63) is 0 Å². The second kappa shape index (κ2) is 4.43. The van der Waals surface area contributed by atoms with Crippen molar-refractivity contribution < 1.29 is 4.84 Å². The van der Waals surface area contributed by atoms with Crippen LogP contribution in [0.5, 0.6) is 0 Å². The van der Waals surface area contributed by atoms with Crippen molar-refractivity contribution in [1.29, 1.82) is 0 Å². The molecule has 1 fully saturated rings. The van der Waals surface area contributed by atoms with E-state index in [0.29, 0.717) is 29.9 Å². The Kier molecular flexibility index (Phi) is 3.74. The van der Waals surface area contributed by atoms with Crippen LogP contribution in [0.4, 0.5) is 0 Å². The van der Waals surface area contributed by atoms with Gasteiger partial charge in [0.25, 0.3) is 0 Å². The summed E-state index contributed by atoms with van der Waals surface area (Å²) in [7, 11) is 0. The molecular formula is C11H23NO. The maximum absolute atomic E-state index is 5.60. The van der Waals surface area contributed by atoms with Gasteiger partial charge in [-0.05, 0) is 18.3 Å².